The molecule has 23 heavy (non-hydrogen) atoms. The largest absolute Gasteiger partial charge is 0.355 e. The normalized spacial score (nSPS) is 21.8. The molecule has 0 saturated carbocycles. The van der Waals surface area contributed by atoms with Crippen molar-refractivity contribution >= 4 is 30.7 Å². The first kappa shape index (κ1) is 23.0. The quantitative estimate of drug-likeness (QED) is 0.758. The lowest BCUT2D eigenvalue weighted by Gasteiger charge is -2.30. The highest BCUT2D eigenvalue weighted by Crippen LogP contribution is 2.24. The monoisotopic (exact) mass is 367 g/mol. The number of nitrogens with one attached hydrogen (secondary N) is 2. The van der Waals surface area contributed by atoms with Crippen molar-refractivity contribution in [1.29, 1.82) is 0 Å². The van der Waals surface area contributed by atoms with Gasteiger partial charge in [0, 0.05) is 19.5 Å². The van der Waals surface area contributed by atoms with Gasteiger partial charge < -0.3 is 15.5 Å². The molecule has 0 bridgehead atoms. The van der Waals surface area contributed by atoms with E-state index in [1.165, 1.54) is 38.8 Å². The van der Waals surface area contributed by atoms with Crippen LogP contribution in [0.15, 0.2) is 0 Å². The van der Waals surface area contributed by atoms with E-state index in [0.29, 0.717) is 12.3 Å². The van der Waals surface area contributed by atoms with Crippen molar-refractivity contribution in [3.63, 3.8) is 0 Å². The van der Waals surface area contributed by atoms with Crippen LogP contribution in [0.4, 0.5) is 0 Å². The van der Waals surface area contributed by atoms with Gasteiger partial charge in [0.2, 0.25) is 5.91 Å². The van der Waals surface area contributed by atoms with Crippen molar-refractivity contribution in [3.05, 3.63) is 0 Å². The van der Waals surface area contributed by atoms with Crippen molar-refractivity contribution in [2.24, 2.45) is 17.8 Å². The summed E-state index contributed by atoms with van der Waals surface area (Å²) in [5.41, 5.74) is 0. The smallest absolute Gasteiger partial charge is 0.220 e. The van der Waals surface area contributed by atoms with Crippen LogP contribution in [-0.4, -0.2) is 50.1 Å². The van der Waals surface area contributed by atoms with Crippen LogP contribution in [0.5, 0.6) is 0 Å². The number of likely N-dealkylation sites (tertiary alicyclic amines) is 1. The van der Waals surface area contributed by atoms with Gasteiger partial charge in [-0.25, -0.2) is 0 Å². The molecule has 138 valence electrons. The molecule has 2 fully saturated rings. The van der Waals surface area contributed by atoms with Crippen LogP contribution in [0, 0.1) is 17.8 Å². The highest BCUT2D eigenvalue weighted by molar-refractivity contribution is 5.85. The first-order chi connectivity index (χ1) is 10.1. The lowest BCUT2D eigenvalue weighted by Crippen LogP contribution is -2.40. The van der Waals surface area contributed by atoms with E-state index in [1.54, 1.807) is 0 Å². The molecule has 2 saturated heterocycles. The third-order valence-corrected chi connectivity index (χ3v) is 5.32. The maximum Gasteiger partial charge on any atom is 0.220 e. The Bertz CT molecular complexity index is 317. The minimum atomic E-state index is 0. The molecule has 0 aliphatic carbocycles. The number of nitrogens with zero attached hydrogens (tertiary/aromatic N) is 1. The van der Waals surface area contributed by atoms with Gasteiger partial charge in [-0.15, -0.1) is 24.8 Å². The summed E-state index contributed by atoms with van der Waals surface area (Å²) >= 11 is 0. The lowest BCUT2D eigenvalue weighted by atomic mass is 9.84. The van der Waals surface area contributed by atoms with Crippen LogP contribution >= 0.6 is 24.8 Å². The van der Waals surface area contributed by atoms with Gasteiger partial charge in [0.15, 0.2) is 0 Å². The molecule has 0 aromatic carbocycles. The van der Waals surface area contributed by atoms with Crippen LogP contribution in [0.2, 0.25) is 0 Å². The van der Waals surface area contributed by atoms with Crippen LogP contribution in [0.25, 0.3) is 0 Å². The fraction of sp³-hybridized carbons (Fsp3) is 0.941. The average Bonchev–Trinajstić information content (AvgIpc) is 2.50. The molecule has 0 aromatic heterocycles. The maximum absolute atomic E-state index is 12.0. The number of carbonyl (C=O) groups excluding carboxylic acids is 1. The number of piperidine rings is 2. The molecular formula is C17H35Cl2N3O. The Hall–Kier alpha value is -0.0300. The van der Waals surface area contributed by atoms with Crippen molar-refractivity contribution in [2.45, 2.75) is 46.0 Å². The summed E-state index contributed by atoms with van der Waals surface area (Å²) in [5.74, 6) is 2.36. The van der Waals surface area contributed by atoms with Gasteiger partial charge in [0.1, 0.15) is 0 Å². The van der Waals surface area contributed by atoms with Crippen molar-refractivity contribution in [3.8, 4) is 0 Å². The van der Waals surface area contributed by atoms with Gasteiger partial charge in [-0.05, 0) is 69.6 Å². The first-order valence-corrected chi connectivity index (χ1v) is 8.85. The second kappa shape index (κ2) is 12.3. The lowest BCUT2D eigenvalue weighted by molar-refractivity contribution is -0.122. The summed E-state index contributed by atoms with van der Waals surface area (Å²) in [6.45, 7) is 11.0. The van der Waals surface area contributed by atoms with E-state index in [4.69, 9.17) is 0 Å². The highest BCUT2D eigenvalue weighted by atomic mass is 35.5. The minimum Gasteiger partial charge on any atom is -0.355 e. The second-order valence-corrected chi connectivity index (χ2v) is 7.14. The molecule has 2 N–H and O–H groups in total. The Balaban J connectivity index is 0.00000242. The molecule has 6 heteroatoms. The number of rotatable bonds is 6. The summed E-state index contributed by atoms with van der Waals surface area (Å²) in [6, 6.07) is 0. The molecule has 2 aliphatic rings. The van der Waals surface area contributed by atoms with Crippen molar-refractivity contribution < 1.29 is 4.79 Å². The molecule has 0 aromatic rings. The van der Waals surface area contributed by atoms with E-state index in [2.05, 4.69) is 29.4 Å². The van der Waals surface area contributed by atoms with Gasteiger partial charge in [0.05, 0.1) is 0 Å². The molecule has 0 spiro atoms. The van der Waals surface area contributed by atoms with Crippen LogP contribution in [0.1, 0.15) is 46.0 Å². The van der Waals surface area contributed by atoms with E-state index in [0.717, 1.165) is 38.0 Å². The summed E-state index contributed by atoms with van der Waals surface area (Å²) in [4.78, 5) is 14.5. The number of amides is 1. The number of halogens is 2. The first-order valence-electron chi connectivity index (χ1n) is 8.85. The van der Waals surface area contributed by atoms with Crippen LogP contribution in [0.3, 0.4) is 0 Å². The Kier molecular flexibility index (Phi) is 12.3. The molecule has 1 unspecified atom stereocenters. The van der Waals surface area contributed by atoms with Crippen LogP contribution < -0.4 is 10.6 Å². The molecule has 0 radical (unpaired) electrons. The Morgan fingerprint density at radius 3 is 2.39 bits per heavy atom. The molecular weight excluding hydrogens is 333 g/mol. The molecule has 2 aliphatic heterocycles. The Morgan fingerprint density at radius 1 is 1.17 bits per heavy atom. The maximum atomic E-state index is 12.0. The molecule has 2 heterocycles. The predicted molar refractivity (Wildman–Crippen MR) is 102 cm³/mol. The highest BCUT2D eigenvalue weighted by Gasteiger charge is 2.22. The zero-order valence-corrected chi connectivity index (χ0v) is 16.3. The molecule has 1 atom stereocenters. The van der Waals surface area contributed by atoms with E-state index < -0.39 is 0 Å². The van der Waals surface area contributed by atoms with Gasteiger partial charge in [-0.3, -0.25) is 4.79 Å². The summed E-state index contributed by atoms with van der Waals surface area (Å²) in [6.07, 6.45) is 5.75. The van der Waals surface area contributed by atoms with Gasteiger partial charge in [-0.2, -0.15) is 0 Å². The second-order valence-electron chi connectivity index (χ2n) is 7.14. The van der Waals surface area contributed by atoms with Gasteiger partial charge >= 0.3 is 0 Å². The Morgan fingerprint density at radius 2 is 1.78 bits per heavy atom. The fourth-order valence-electron chi connectivity index (χ4n) is 3.58. The number of hydrogen-bond donors (Lipinski definition) is 2. The number of hydrogen-bond acceptors (Lipinski definition) is 3. The molecule has 1 amide bonds. The number of carbonyl (C=O) groups is 1. The van der Waals surface area contributed by atoms with Gasteiger partial charge in [0.25, 0.3) is 0 Å². The minimum absolute atomic E-state index is 0. The fourth-order valence-corrected chi connectivity index (χ4v) is 3.58. The van der Waals surface area contributed by atoms with E-state index in [-0.39, 0.29) is 30.7 Å². The van der Waals surface area contributed by atoms with E-state index >= 15 is 0 Å². The SMILES string of the molecule is CC1CCN(CCNC(=O)CC(C)C2CCNCC2)CC1.Cl.Cl. The standard InChI is InChI=1S/C17H33N3O.2ClH/c1-14-5-10-20(11-6-14)12-9-19-17(21)13-15(2)16-3-7-18-8-4-16;;/h14-16,18H,3-13H2,1-2H3,(H,19,21);2*1H. The summed E-state index contributed by atoms with van der Waals surface area (Å²) in [5, 5.41) is 6.51. The van der Waals surface area contributed by atoms with E-state index in [9.17, 15) is 4.79 Å². The van der Waals surface area contributed by atoms with Crippen molar-refractivity contribution in [2.75, 3.05) is 39.3 Å². The topological polar surface area (TPSA) is 44.4 Å². The summed E-state index contributed by atoms with van der Waals surface area (Å²) in [7, 11) is 0. The summed E-state index contributed by atoms with van der Waals surface area (Å²) < 4.78 is 0. The Labute approximate surface area is 154 Å². The average molecular weight is 368 g/mol. The van der Waals surface area contributed by atoms with Crippen LogP contribution in [-0.2, 0) is 4.79 Å². The third kappa shape index (κ3) is 8.57. The zero-order valence-electron chi connectivity index (χ0n) is 14.7. The van der Waals surface area contributed by atoms with Crippen molar-refractivity contribution in [1.82, 2.24) is 15.5 Å². The molecule has 4 nitrogen and oxygen atoms in total. The third-order valence-electron chi connectivity index (χ3n) is 5.32. The molecule has 2 rings (SSSR count). The van der Waals surface area contributed by atoms with Gasteiger partial charge in [-0.1, -0.05) is 13.8 Å². The zero-order chi connectivity index (χ0) is 15.1. The van der Waals surface area contributed by atoms with E-state index in [1.807, 2.05) is 0 Å². The predicted octanol–water partition coefficient (Wildman–Crippen LogP) is 2.70.